The molecule has 20 heavy (non-hydrogen) atoms. The van der Waals surface area contributed by atoms with Crippen molar-refractivity contribution in [3.63, 3.8) is 0 Å². The SMILES string of the molecule is Cc1cc(C)c(S(=O)(=O)NC(C)C)cc1CNC1CC1. The van der Waals surface area contributed by atoms with Crippen LogP contribution in [0.3, 0.4) is 0 Å². The zero-order valence-corrected chi connectivity index (χ0v) is 13.5. The fourth-order valence-electron chi connectivity index (χ4n) is 2.27. The molecule has 0 spiro atoms. The minimum atomic E-state index is -3.43. The van der Waals surface area contributed by atoms with Gasteiger partial charge in [0.05, 0.1) is 4.90 Å². The van der Waals surface area contributed by atoms with Crippen molar-refractivity contribution in [2.75, 3.05) is 0 Å². The Balaban J connectivity index is 2.29. The average Bonchev–Trinajstić information content (AvgIpc) is 3.09. The third-order valence-electron chi connectivity index (χ3n) is 3.47. The van der Waals surface area contributed by atoms with Crippen LogP contribution in [0, 0.1) is 13.8 Å². The smallest absolute Gasteiger partial charge is 0.241 e. The lowest BCUT2D eigenvalue weighted by molar-refractivity contribution is 0.569. The van der Waals surface area contributed by atoms with Crippen molar-refractivity contribution in [2.24, 2.45) is 0 Å². The molecule has 0 bridgehead atoms. The molecule has 1 aromatic carbocycles. The Hall–Kier alpha value is -0.910. The van der Waals surface area contributed by atoms with Gasteiger partial charge in [-0.1, -0.05) is 6.07 Å². The summed E-state index contributed by atoms with van der Waals surface area (Å²) in [6.45, 7) is 8.28. The molecule has 4 nitrogen and oxygen atoms in total. The van der Waals surface area contributed by atoms with Gasteiger partial charge in [-0.3, -0.25) is 0 Å². The first-order chi connectivity index (χ1) is 9.29. The van der Waals surface area contributed by atoms with Crippen LogP contribution in [0.4, 0.5) is 0 Å². The summed E-state index contributed by atoms with van der Waals surface area (Å²) < 4.78 is 27.3. The maximum Gasteiger partial charge on any atom is 0.241 e. The number of hydrogen-bond donors (Lipinski definition) is 2. The molecule has 0 aromatic heterocycles. The molecular formula is C15H24N2O2S. The van der Waals surface area contributed by atoms with E-state index in [0.29, 0.717) is 10.9 Å². The Bertz CT molecular complexity index is 590. The molecule has 0 aliphatic heterocycles. The highest BCUT2D eigenvalue weighted by Crippen LogP contribution is 2.23. The molecule has 1 aromatic rings. The maximum atomic E-state index is 12.3. The number of nitrogens with one attached hydrogen (secondary N) is 2. The summed E-state index contributed by atoms with van der Waals surface area (Å²) in [6, 6.07) is 4.28. The van der Waals surface area contributed by atoms with Crippen LogP contribution in [0.5, 0.6) is 0 Å². The Morgan fingerprint density at radius 2 is 1.85 bits per heavy atom. The molecule has 0 heterocycles. The Kier molecular flexibility index (Phi) is 4.52. The predicted octanol–water partition coefficient (Wildman–Crippen LogP) is 2.24. The van der Waals surface area contributed by atoms with Gasteiger partial charge in [-0.2, -0.15) is 0 Å². The van der Waals surface area contributed by atoms with Gasteiger partial charge in [0.25, 0.3) is 0 Å². The molecule has 0 unspecified atom stereocenters. The Morgan fingerprint density at radius 1 is 1.20 bits per heavy atom. The monoisotopic (exact) mass is 296 g/mol. The molecule has 0 radical (unpaired) electrons. The molecule has 2 N–H and O–H groups in total. The molecule has 0 amide bonds. The molecular weight excluding hydrogens is 272 g/mol. The molecule has 2 rings (SSSR count). The fraction of sp³-hybridized carbons (Fsp3) is 0.600. The second kappa shape index (κ2) is 5.84. The highest BCUT2D eigenvalue weighted by Gasteiger charge is 2.22. The first-order valence-corrected chi connectivity index (χ1v) is 8.64. The van der Waals surface area contributed by atoms with E-state index in [0.717, 1.165) is 23.2 Å². The van der Waals surface area contributed by atoms with Gasteiger partial charge in [-0.25, -0.2) is 13.1 Å². The summed E-state index contributed by atoms with van der Waals surface area (Å²) in [5, 5.41) is 3.44. The summed E-state index contributed by atoms with van der Waals surface area (Å²) in [7, 11) is -3.43. The average molecular weight is 296 g/mol. The normalized spacial score (nSPS) is 15.8. The van der Waals surface area contributed by atoms with E-state index in [1.54, 1.807) is 0 Å². The van der Waals surface area contributed by atoms with Crippen LogP contribution in [0.25, 0.3) is 0 Å². The van der Waals surface area contributed by atoms with Crippen LogP contribution in [0.1, 0.15) is 43.4 Å². The van der Waals surface area contributed by atoms with Crippen molar-refractivity contribution in [3.05, 3.63) is 28.8 Å². The van der Waals surface area contributed by atoms with Crippen molar-refractivity contribution in [2.45, 2.75) is 64.1 Å². The molecule has 112 valence electrons. The minimum Gasteiger partial charge on any atom is -0.310 e. The number of benzene rings is 1. The molecule has 5 heteroatoms. The van der Waals surface area contributed by atoms with Gasteiger partial charge >= 0.3 is 0 Å². The Morgan fingerprint density at radius 3 is 2.40 bits per heavy atom. The summed E-state index contributed by atoms with van der Waals surface area (Å²) in [6.07, 6.45) is 2.45. The van der Waals surface area contributed by atoms with Crippen molar-refractivity contribution < 1.29 is 8.42 Å². The molecule has 0 atom stereocenters. The number of rotatable bonds is 6. The lowest BCUT2D eigenvalue weighted by Crippen LogP contribution is -2.31. The predicted molar refractivity (Wildman–Crippen MR) is 81.2 cm³/mol. The van der Waals surface area contributed by atoms with E-state index in [1.807, 2.05) is 39.8 Å². The highest BCUT2D eigenvalue weighted by molar-refractivity contribution is 7.89. The second-order valence-electron chi connectivity index (χ2n) is 5.98. The first kappa shape index (κ1) is 15.5. The fourth-order valence-corrected chi connectivity index (χ4v) is 3.80. The van der Waals surface area contributed by atoms with Gasteiger partial charge in [0.1, 0.15) is 0 Å². The largest absolute Gasteiger partial charge is 0.310 e. The van der Waals surface area contributed by atoms with E-state index < -0.39 is 10.0 Å². The van der Waals surface area contributed by atoms with E-state index in [2.05, 4.69) is 10.0 Å². The molecule has 1 aliphatic carbocycles. The third kappa shape index (κ3) is 3.81. The van der Waals surface area contributed by atoms with Gasteiger partial charge in [0.2, 0.25) is 10.0 Å². The molecule has 1 aliphatic rings. The minimum absolute atomic E-state index is 0.103. The van der Waals surface area contributed by atoms with E-state index in [4.69, 9.17) is 0 Å². The summed E-state index contributed by atoms with van der Waals surface area (Å²) in [5.41, 5.74) is 3.00. The zero-order valence-electron chi connectivity index (χ0n) is 12.7. The summed E-state index contributed by atoms with van der Waals surface area (Å²) in [5.74, 6) is 0. The van der Waals surface area contributed by atoms with E-state index in [9.17, 15) is 8.42 Å². The van der Waals surface area contributed by atoms with Gasteiger partial charge < -0.3 is 5.32 Å². The van der Waals surface area contributed by atoms with Crippen LogP contribution in [-0.4, -0.2) is 20.5 Å². The first-order valence-electron chi connectivity index (χ1n) is 7.15. The third-order valence-corrected chi connectivity index (χ3v) is 5.27. The van der Waals surface area contributed by atoms with Crippen molar-refractivity contribution in [1.29, 1.82) is 0 Å². The summed E-state index contributed by atoms with van der Waals surface area (Å²) >= 11 is 0. The lowest BCUT2D eigenvalue weighted by atomic mass is 10.1. The van der Waals surface area contributed by atoms with Gasteiger partial charge in [-0.15, -0.1) is 0 Å². The van der Waals surface area contributed by atoms with Crippen LogP contribution >= 0.6 is 0 Å². The van der Waals surface area contributed by atoms with Crippen molar-refractivity contribution >= 4 is 10.0 Å². The van der Waals surface area contributed by atoms with Crippen LogP contribution < -0.4 is 10.0 Å². The van der Waals surface area contributed by atoms with Gasteiger partial charge in [0.15, 0.2) is 0 Å². The van der Waals surface area contributed by atoms with Crippen LogP contribution in [0.15, 0.2) is 17.0 Å². The molecule has 0 saturated heterocycles. The zero-order chi connectivity index (χ0) is 14.9. The van der Waals surface area contributed by atoms with Gasteiger partial charge in [0, 0.05) is 18.6 Å². The quantitative estimate of drug-likeness (QED) is 0.846. The van der Waals surface area contributed by atoms with E-state index in [1.165, 1.54) is 12.8 Å². The number of hydrogen-bond acceptors (Lipinski definition) is 3. The van der Waals surface area contributed by atoms with Crippen molar-refractivity contribution in [3.8, 4) is 0 Å². The topological polar surface area (TPSA) is 58.2 Å². The highest BCUT2D eigenvalue weighted by atomic mass is 32.2. The molecule has 1 fully saturated rings. The van der Waals surface area contributed by atoms with E-state index >= 15 is 0 Å². The van der Waals surface area contributed by atoms with Crippen molar-refractivity contribution in [1.82, 2.24) is 10.0 Å². The lowest BCUT2D eigenvalue weighted by Gasteiger charge is -2.15. The van der Waals surface area contributed by atoms with Gasteiger partial charge in [-0.05, 0) is 63.3 Å². The van der Waals surface area contributed by atoms with E-state index in [-0.39, 0.29) is 6.04 Å². The number of sulfonamides is 1. The van der Waals surface area contributed by atoms with Crippen LogP contribution in [-0.2, 0) is 16.6 Å². The second-order valence-corrected chi connectivity index (χ2v) is 7.66. The maximum absolute atomic E-state index is 12.3. The number of aryl methyl sites for hydroxylation is 2. The Labute approximate surface area is 122 Å². The van der Waals surface area contributed by atoms with Crippen LogP contribution in [0.2, 0.25) is 0 Å². The molecule has 1 saturated carbocycles. The summed E-state index contributed by atoms with van der Waals surface area (Å²) in [4.78, 5) is 0.393. The standard InChI is InChI=1S/C15H24N2O2S/c1-10(2)17-20(18,19)15-8-13(9-16-14-5-6-14)11(3)7-12(15)4/h7-8,10,14,16-17H,5-6,9H2,1-4H3.